The summed E-state index contributed by atoms with van der Waals surface area (Å²) in [5, 5.41) is 10.2. The van der Waals surface area contributed by atoms with E-state index in [4.69, 9.17) is 5.11 Å². The molecule has 1 aromatic carbocycles. The van der Waals surface area contributed by atoms with Gasteiger partial charge in [0.1, 0.15) is 6.04 Å². The van der Waals surface area contributed by atoms with Crippen LogP contribution in [0, 0.1) is 0 Å². The molecule has 1 saturated heterocycles. The van der Waals surface area contributed by atoms with Crippen molar-refractivity contribution in [2.45, 2.75) is 25.4 Å². The zero-order chi connectivity index (χ0) is 12.3. The van der Waals surface area contributed by atoms with E-state index in [0.29, 0.717) is 19.4 Å². The Balaban J connectivity index is 1.98. The number of aliphatic carboxylic acids is 1. The number of carbonyl (C=O) groups is 2. The molecule has 0 saturated carbocycles. The van der Waals surface area contributed by atoms with Gasteiger partial charge < -0.3 is 5.11 Å². The van der Waals surface area contributed by atoms with E-state index < -0.39 is 12.0 Å². The maximum Gasteiger partial charge on any atom is 0.328 e. The van der Waals surface area contributed by atoms with Crippen molar-refractivity contribution in [2.75, 3.05) is 0 Å². The van der Waals surface area contributed by atoms with Gasteiger partial charge in [-0.2, -0.15) is 0 Å². The van der Waals surface area contributed by atoms with Crippen LogP contribution in [0.4, 0.5) is 0 Å². The third kappa shape index (κ3) is 2.62. The second kappa shape index (κ2) is 4.97. The predicted octanol–water partition coefficient (Wildman–Crippen LogP) is 0.767. The number of rotatable bonds is 4. The molecule has 0 aromatic heterocycles. The van der Waals surface area contributed by atoms with Crippen molar-refractivity contribution in [1.29, 1.82) is 0 Å². The molecule has 1 atom stereocenters. The molecule has 0 radical (unpaired) electrons. The van der Waals surface area contributed by atoms with Crippen LogP contribution in [0.3, 0.4) is 0 Å². The fraction of sp³-hybridized carbons (Fsp3) is 0.333. The topological polar surface area (TPSA) is 69.6 Å². The summed E-state index contributed by atoms with van der Waals surface area (Å²) in [6.07, 6.45) is 0.661. The minimum absolute atomic E-state index is 0.159. The second-order valence-corrected chi connectivity index (χ2v) is 3.98. The Labute approximate surface area is 99.0 Å². The maximum absolute atomic E-state index is 11.5. The van der Waals surface area contributed by atoms with Crippen molar-refractivity contribution in [1.82, 2.24) is 10.4 Å². The standard InChI is InChI=1S/C12H14N2O3/c15-11-7-6-10(12(16)17)14(11)13-8-9-4-2-1-3-5-9/h1-5,10,13H,6-8H2,(H,16,17)/t10-/m0/s1. The fourth-order valence-corrected chi connectivity index (χ4v) is 1.89. The minimum atomic E-state index is -0.962. The van der Waals surface area contributed by atoms with Crippen LogP contribution in [0.15, 0.2) is 30.3 Å². The molecule has 1 aliphatic rings. The van der Waals surface area contributed by atoms with E-state index in [9.17, 15) is 9.59 Å². The molecule has 1 fully saturated rings. The molecule has 0 unspecified atom stereocenters. The number of nitrogens with zero attached hydrogens (tertiary/aromatic N) is 1. The molecule has 0 spiro atoms. The van der Waals surface area contributed by atoms with Gasteiger partial charge in [0, 0.05) is 13.0 Å². The number of hydrogen-bond acceptors (Lipinski definition) is 3. The molecular weight excluding hydrogens is 220 g/mol. The molecule has 0 bridgehead atoms. The largest absolute Gasteiger partial charge is 0.480 e. The second-order valence-electron chi connectivity index (χ2n) is 3.98. The van der Waals surface area contributed by atoms with Crippen molar-refractivity contribution in [2.24, 2.45) is 0 Å². The van der Waals surface area contributed by atoms with Crippen LogP contribution in [0.5, 0.6) is 0 Å². The molecule has 0 aliphatic carbocycles. The Kier molecular flexibility index (Phi) is 3.39. The number of carbonyl (C=O) groups excluding carboxylic acids is 1. The number of carboxylic acids is 1. The first kappa shape index (κ1) is 11.6. The highest BCUT2D eigenvalue weighted by atomic mass is 16.4. The summed E-state index contributed by atoms with van der Waals surface area (Å²) >= 11 is 0. The highest BCUT2D eigenvalue weighted by Crippen LogP contribution is 2.16. The monoisotopic (exact) mass is 234 g/mol. The molecule has 1 aromatic rings. The van der Waals surface area contributed by atoms with Crippen LogP contribution in [0.1, 0.15) is 18.4 Å². The zero-order valence-electron chi connectivity index (χ0n) is 9.30. The number of benzene rings is 1. The van der Waals surface area contributed by atoms with E-state index >= 15 is 0 Å². The summed E-state index contributed by atoms with van der Waals surface area (Å²) < 4.78 is 0. The lowest BCUT2D eigenvalue weighted by Gasteiger charge is -2.22. The van der Waals surface area contributed by atoms with Crippen molar-refractivity contribution in [3.05, 3.63) is 35.9 Å². The van der Waals surface area contributed by atoms with E-state index in [0.717, 1.165) is 5.56 Å². The van der Waals surface area contributed by atoms with Crippen molar-refractivity contribution < 1.29 is 14.7 Å². The van der Waals surface area contributed by atoms with Crippen LogP contribution < -0.4 is 5.43 Å². The smallest absolute Gasteiger partial charge is 0.328 e. The van der Waals surface area contributed by atoms with E-state index in [1.165, 1.54) is 5.01 Å². The number of carboxylic acid groups (broad SMARTS) is 1. The average molecular weight is 234 g/mol. The lowest BCUT2D eigenvalue weighted by atomic mass is 10.2. The van der Waals surface area contributed by atoms with Crippen molar-refractivity contribution in [3.63, 3.8) is 0 Å². The summed E-state index contributed by atoms with van der Waals surface area (Å²) in [7, 11) is 0. The van der Waals surface area contributed by atoms with Gasteiger partial charge in [-0.25, -0.2) is 10.2 Å². The summed E-state index contributed by atoms with van der Waals surface area (Å²) in [4.78, 5) is 22.4. The molecule has 2 N–H and O–H groups in total. The normalized spacial score (nSPS) is 19.6. The van der Waals surface area contributed by atoms with E-state index in [-0.39, 0.29) is 5.91 Å². The third-order valence-electron chi connectivity index (χ3n) is 2.79. The maximum atomic E-state index is 11.5. The van der Waals surface area contributed by atoms with Gasteiger partial charge in [-0.3, -0.25) is 9.80 Å². The molecule has 1 amide bonds. The number of amides is 1. The van der Waals surface area contributed by atoms with E-state index in [1.807, 2.05) is 30.3 Å². The highest BCUT2D eigenvalue weighted by molar-refractivity contribution is 5.86. The Morgan fingerprint density at radius 3 is 2.76 bits per heavy atom. The molecule has 2 rings (SSSR count). The Morgan fingerprint density at radius 2 is 2.12 bits per heavy atom. The fourth-order valence-electron chi connectivity index (χ4n) is 1.89. The van der Waals surface area contributed by atoms with Crippen molar-refractivity contribution >= 4 is 11.9 Å². The van der Waals surface area contributed by atoms with Crippen LogP contribution in [-0.2, 0) is 16.1 Å². The Hall–Kier alpha value is -1.88. The predicted molar refractivity (Wildman–Crippen MR) is 60.8 cm³/mol. The van der Waals surface area contributed by atoms with Gasteiger partial charge in [-0.05, 0) is 12.0 Å². The van der Waals surface area contributed by atoms with Crippen molar-refractivity contribution in [3.8, 4) is 0 Å². The highest BCUT2D eigenvalue weighted by Gasteiger charge is 2.35. The molecule has 17 heavy (non-hydrogen) atoms. The van der Waals surface area contributed by atoms with Gasteiger partial charge in [-0.1, -0.05) is 30.3 Å². The Bertz CT molecular complexity index is 419. The summed E-state index contributed by atoms with van der Waals surface area (Å²) in [5.41, 5.74) is 3.89. The number of hydrogen-bond donors (Lipinski definition) is 2. The van der Waals surface area contributed by atoms with E-state index in [1.54, 1.807) is 0 Å². The van der Waals surface area contributed by atoms with Crippen LogP contribution in [0.25, 0.3) is 0 Å². The molecule has 1 heterocycles. The van der Waals surface area contributed by atoms with Gasteiger partial charge >= 0.3 is 5.97 Å². The first-order chi connectivity index (χ1) is 8.18. The van der Waals surface area contributed by atoms with Gasteiger partial charge in [0.2, 0.25) is 5.91 Å². The molecule has 1 aliphatic heterocycles. The molecule has 5 heteroatoms. The average Bonchev–Trinajstić information content (AvgIpc) is 2.69. The quantitative estimate of drug-likeness (QED) is 0.807. The number of hydrazine groups is 1. The van der Waals surface area contributed by atoms with Gasteiger partial charge in [0.05, 0.1) is 0 Å². The number of nitrogens with one attached hydrogen (secondary N) is 1. The van der Waals surface area contributed by atoms with Crippen LogP contribution in [-0.4, -0.2) is 28.0 Å². The lowest BCUT2D eigenvalue weighted by Crippen LogP contribution is -2.47. The van der Waals surface area contributed by atoms with Gasteiger partial charge in [-0.15, -0.1) is 0 Å². The van der Waals surface area contributed by atoms with Crippen LogP contribution >= 0.6 is 0 Å². The summed E-state index contributed by atoms with van der Waals surface area (Å²) in [6, 6.07) is 8.80. The molecular formula is C12H14N2O3. The molecule has 90 valence electrons. The SMILES string of the molecule is O=C(O)[C@@H]1CCC(=O)N1NCc1ccccc1. The molecule has 5 nitrogen and oxygen atoms in total. The first-order valence-corrected chi connectivity index (χ1v) is 5.51. The minimum Gasteiger partial charge on any atom is -0.480 e. The lowest BCUT2D eigenvalue weighted by molar-refractivity contribution is -0.148. The van der Waals surface area contributed by atoms with Crippen LogP contribution in [0.2, 0.25) is 0 Å². The zero-order valence-corrected chi connectivity index (χ0v) is 9.30. The summed E-state index contributed by atoms with van der Waals surface area (Å²) in [6.45, 7) is 0.455. The summed E-state index contributed by atoms with van der Waals surface area (Å²) in [5.74, 6) is -1.12. The third-order valence-corrected chi connectivity index (χ3v) is 2.79. The van der Waals surface area contributed by atoms with E-state index in [2.05, 4.69) is 5.43 Å². The first-order valence-electron chi connectivity index (χ1n) is 5.51. The Morgan fingerprint density at radius 1 is 1.41 bits per heavy atom. The van der Waals surface area contributed by atoms with Gasteiger partial charge in [0.15, 0.2) is 0 Å². The van der Waals surface area contributed by atoms with Gasteiger partial charge in [0.25, 0.3) is 0 Å².